The quantitative estimate of drug-likeness (QED) is 0.703. The van der Waals surface area contributed by atoms with Crippen molar-refractivity contribution in [3.8, 4) is 0 Å². The zero-order chi connectivity index (χ0) is 11.0. The van der Waals surface area contributed by atoms with Crippen molar-refractivity contribution in [2.45, 2.75) is 26.7 Å². The lowest BCUT2D eigenvalue weighted by atomic mass is 9.99. The van der Waals surface area contributed by atoms with Crippen LogP contribution in [0.15, 0.2) is 24.3 Å². The van der Waals surface area contributed by atoms with Crippen LogP contribution in [0, 0.1) is 11.6 Å². The number of H-pyrrole nitrogens is 1. The predicted octanol–water partition coefficient (Wildman–Crippen LogP) is 4.33. The van der Waals surface area contributed by atoms with E-state index in [0.717, 1.165) is 10.2 Å². The van der Waals surface area contributed by atoms with Crippen molar-refractivity contribution in [3.05, 3.63) is 40.0 Å². The van der Waals surface area contributed by atoms with Crippen molar-refractivity contribution in [3.63, 3.8) is 0 Å². The molecule has 0 unspecified atom stereocenters. The molecule has 0 saturated heterocycles. The number of rotatable bonds is 1. The third-order valence-corrected chi connectivity index (χ3v) is 2.96. The van der Waals surface area contributed by atoms with Crippen LogP contribution < -0.4 is 0 Å². The Balaban J connectivity index is 2.77. The van der Waals surface area contributed by atoms with E-state index in [4.69, 9.17) is 12.2 Å². The Bertz CT molecular complexity index is 552. The molecule has 0 saturated carbocycles. The van der Waals surface area contributed by atoms with E-state index in [2.05, 4.69) is 44.0 Å². The zero-order valence-corrected chi connectivity index (χ0v) is 10.1. The highest BCUT2D eigenvalue weighted by Gasteiger charge is 2.02. The first-order chi connectivity index (χ1) is 7.08. The summed E-state index contributed by atoms with van der Waals surface area (Å²) in [6, 6.07) is 8.55. The Kier molecular flexibility index (Phi) is 2.61. The fourth-order valence-corrected chi connectivity index (χ4v) is 2.09. The van der Waals surface area contributed by atoms with Gasteiger partial charge in [-0.2, -0.15) is 0 Å². The average Bonchev–Trinajstić information content (AvgIpc) is 2.16. The number of aromatic amines is 1. The van der Waals surface area contributed by atoms with Gasteiger partial charge >= 0.3 is 0 Å². The summed E-state index contributed by atoms with van der Waals surface area (Å²) in [5.74, 6) is 0.567. The second-order valence-corrected chi connectivity index (χ2v) is 4.72. The van der Waals surface area contributed by atoms with E-state index < -0.39 is 0 Å². The molecule has 0 aliphatic heterocycles. The number of hydrogen-bond acceptors (Lipinski definition) is 1. The number of fused-ring (bicyclic) bond motifs is 1. The van der Waals surface area contributed by atoms with Crippen molar-refractivity contribution < 1.29 is 0 Å². The molecule has 15 heavy (non-hydrogen) atoms. The van der Waals surface area contributed by atoms with Gasteiger partial charge in [0.1, 0.15) is 4.64 Å². The first kappa shape index (κ1) is 10.4. The summed E-state index contributed by atoms with van der Waals surface area (Å²) in [6.07, 6.45) is 0. The molecule has 2 heteroatoms. The van der Waals surface area contributed by atoms with E-state index in [1.165, 1.54) is 16.5 Å². The summed E-state index contributed by atoms with van der Waals surface area (Å²) < 4.78 is 0.803. The number of hydrogen-bond donors (Lipinski definition) is 1. The molecule has 1 N–H and O–H groups in total. The zero-order valence-electron chi connectivity index (χ0n) is 9.29. The van der Waals surface area contributed by atoms with Crippen molar-refractivity contribution in [2.24, 2.45) is 0 Å². The number of pyridine rings is 1. The molecule has 0 bridgehead atoms. The standard InChI is InChI=1S/C13H15NS/c1-8(2)10-4-5-12-11(7-10)9(3)6-13(15)14-12/h4-8H,1-3H3,(H,14,15). The van der Waals surface area contributed by atoms with Gasteiger partial charge in [-0.3, -0.25) is 0 Å². The minimum absolute atomic E-state index is 0.567. The van der Waals surface area contributed by atoms with Crippen LogP contribution in [-0.4, -0.2) is 4.98 Å². The Morgan fingerprint density at radius 2 is 1.93 bits per heavy atom. The molecule has 78 valence electrons. The Hall–Kier alpha value is -1.15. The normalized spacial score (nSPS) is 11.2. The molecule has 2 aromatic rings. The first-order valence-corrected chi connectivity index (χ1v) is 5.62. The van der Waals surface area contributed by atoms with E-state index in [1.54, 1.807) is 0 Å². The molecular weight excluding hydrogens is 202 g/mol. The predicted molar refractivity (Wildman–Crippen MR) is 68.0 cm³/mol. The van der Waals surface area contributed by atoms with E-state index in [-0.39, 0.29) is 0 Å². The fraction of sp³-hybridized carbons (Fsp3) is 0.308. The molecule has 2 rings (SSSR count). The van der Waals surface area contributed by atoms with Crippen LogP contribution >= 0.6 is 12.2 Å². The molecule has 0 aliphatic rings. The fourth-order valence-electron chi connectivity index (χ4n) is 1.80. The maximum absolute atomic E-state index is 5.16. The summed E-state index contributed by atoms with van der Waals surface area (Å²) in [5.41, 5.74) is 3.75. The van der Waals surface area contributed by atoms with Crippen molar-refractivity contribution in [1.82, 2.24) is 4.98 Å². The van der Waals surface area contributed by atoms with Gasteiger partial charge < -0.3 is 4.98 Å². The van der Waals surface area contributed by atoms with Gasteiger partial charge in [0.15, 0.2) is 0 Å². The van der Waals surface area contributed by atoms with Crippen LogP contribution in [0.4, 0.5) is 0 Å². The largest absolute Gasteiger partial charge is 0.346 e. The van der Waals surface area contributed by atoms with Crippen LogP contribution in [0.5, 0.6) is 0 Å². The Labute approximate surface area is 95.2 Å². The summed E-state index contributed by atoms with van der Waals surface area (Å²) in [6.45, 7) is 6.53. The third kappa shape index (κ3) is 1.95. The van der Waals surface area contributed by atoms with Crippen molar-refractivity contribution >= 4 is 23.1 Å². The SMILES string of the molecule is Cc1cc(=S)[nH]c2ccc(C(C)C)cc12. The molecule has 1 nitrogen and oxygen atoms in total. The number of aryl methyl sites for hydroxylation is 1. The number of aromatic nitrogens is 1. The van der Waals surface area contributed by atoms with Gasteiger partial charge in [-0.15, -0.1) is 0 Å². The lowest BCUT2D eigenvalue weighted by Gasteiger charge is -2.08. The Morgan fingerprint density at radius 3 is 2.60 bits per heavy atom. The molecule has 0 aliphatic carbocycles. The minimum atomic E-state index is 0.567. The summed E-state index contributed by atoms with van der Waals surface area (Å²) in [4.78, 5) is 3.21. The van der Waals surface area contributed by atoms with Crippen molar-refractivity contribution in [2.75, 3.05) is 0 Å². The molecule has 0 amide bonds. The van der Waals surface area contributed by atoms with E-state index >= 15 is 0 Å². The maximum atomic E-state index is 5.16. The molecular formula is C13H15NS. The van der Waals surface area contributed by atoms with E-state index in [0.29, 0.717) is 5.92 Å². The third-order valence-electron chi connectivity index (χ3n) is 2.74. The average molecular weight is 217 g/mol. The van der Waals surface area contributed by atoms with Crippen LogP contribution in [0.3, 0.4) is 0 Å². The summed E-state index contributed by atoms with van der Waals surface area (Å²) in [7, 11) is 0. The molecule has 0 radical (unpaired) electrons. The lowest BCUT2D eigenvalue weighted by Crippen LogP contribution is -1.90. The van der Waals surface area contributed by atoms with E-state index in [1.807, 2.05) is 6.07 Å². The smallest absolute Gasteiger partial charge is 0.103 e. The Morgan fingerprint density at radius 1 is 1.20 bits per heavy atom. The molecule has 0 fully saturated rings. The highest BCUT2D eigenvalue weighted by atomic mass is 32.1. The van der Waals surface area contributed by atoms with Crippen LogP contribution in [0.1, 0.15) is 30.9 Å². The van der Waals surface area contributed by atoms with Gasteiger partial charge in [-0.1, -0.05) is 32.1 Å². The van der Waals surface area contributed by atoms with E-state index in [9.17, 15) is 0 Å². The topological polar surface area (TPSA) is 15.8 Å². The molecule has 0 spiro atoms. The maximum Gasteiger partial charge on any atom is 0.103 e. The van der Waals surface area contributed by atoms with Crippen LogP contribution in [0.25, 0.3) is 10.9 Å². The highest BCUT2D eigenvalue weighted by molar-refractivity contribution is 7.71. The van der Waals surface area contributed by atoms with Crippen molar-refractivity contribution in [1.29, 1.82) is 0 Å². The summed E-state index contributed by atoms with van der Waals surface area (Å²) in [5, 5.41) is 1.27. The van der Waals surface area contributed by atoms with Crippen LogP contribution in [0.2, 0.25) is 0 Å². The van der Waals surface area contributed by atoms with Gasteiger partial charge in [-0.25, -0.2) is 0 Å². The molecule has 1 heterocycles. The van der Waals surface area contributed by atoms with Gasteiger partial charge in [0.2, 0.25) is 0 Å². The molecule has 0 atom stereocenters. The first-order valence-electron chi connectivity index (χ1n) is 5.21. The monoisotopic (exact) mass is 217 g/mol. The number of benzene rings is 1. The van der Waals surface area contributed by atoms with Gasteiger partial charge in [-0.05, 0) is 42.2 Å². The van der Waals surface area contributed by atoms with Gasteiger partial charge in [0, 0.05) is 10.9 Å². The van der Waals surface area contributed by atoms with Gasteiger partial charge in [0.25, 0.3) is 0 Å². The molecule has 1 aromatic carbocycles. The second-order valence-electron chi connectivity index (χ2n) is 4.28. The summed E-state index contributed by atoms with van der Waals surface area (Å²) >= 11 is 5.16. The number of nitrogens with one attached hydrogen (secondary N) is 1. The lowest BCUT2D eigenvalue weighted by molar-refractivity contribution is 0.868. The molecule has 1 aromatic heterocycles. The second kappa shape index (κ2) is 3.78. The van der Waals surface area contributed by atoms with Gasteiger partial charge in [0.05, 0.1) is 0 Å². The van der Waals surface area contributed by atoms with Crippen LogP contribution in [-0.2, 0) is 0 Å². The highest BCUT2D eigenvalue weighted by Crippen LogP contribution is 2.22. The minimum Gasteiger partial charge on any atom is -0.346 e.